The first kappa shape index (κ1) is 23.5. The van der Waals surface area contributed by atoms with E-state index in [9.17, 15) is 12.8 Å². The highest BCUT2D eigenvalue weighted by Crippen LogP contribution is 2.33. The van der Waals surface area contributed by atoms with Gasteiger partial charge in [-0.3, -0.25) is 4.68 Å². The van der Waals surface area contributed by atoms with Crippen molar-refractivity contribution >= 4 is 31.9 Å². The summed E-state index contributed by atoms with van der Waals surface area (Å²) in [5.74, 6) is 0.0697. The van der Waals surface area contributed by atoms with Gasteiger partial charge in [0.15, 0.2) is 5.82 Å². The van der Waals surface area contributed by atoms with E-state index in [2.05, 4.69) is 37.5 Å². The van der Waals surface area contributed by atoms with Crippen LogP contribution in [0.2, 0.25) is 0 Å². The van der Waals surface area contributed by atoms with Gasteiger partial charge in [-0.15, -0.1) is 0 Å². The molecular formula is C20H28BrFN6O3S. The lowest BCUT2D eigenvalue weighted by Gasteiger charge is -2.36. The SMILES string of the molecule is CCc1nn2c(c1Br)CC[C@H](NS(C)(=O)=O)[C@@H]2COC1CCN(c2ncc(F)cn2)CC1. The molecule has 4 heterocycles. The molecule has 0 bridgehead atoms. The van der Waals surface area contributed by atoms with Gasteiger partial charge in [-0.2, -0.15) is 5.10 Å². The summed E-state index contributed by atoms with van der Waals surface area (Å²) in [5, 5.41) is 4.75. The average Bonchev–Trinajstić information content (AvgIpc) is 3.08. The highest BCUT2D eigenvalue weighted by molar-refractivity contribution is 9.10. The largest absolute Gasteiger partial charge is 0.376 e. The van der Waals surface area contributed by atoms with Gasteiger partial charge in [-0.1, -0.05) is 6.92 Å². The van der Waals surface area contributed by atoms with Crippen molar-refractivity contribution in [1.29, 1.82) is 0 Å². The zero-order valence-corrected chi connectivity index (χ0v) is 20.6. The summed E-state index contributed by atoms with van der Waals surface area (Å²) in [6.07, 6.45) is 7.37. The number of anilines is 1. The Bertz CT molecular complexity index is 1040. The molecule has 1 N–H and O–H groups in total. The molecule has 2 atom stereocenters. The van der Waals surface area contributed by atoms with Crippen LogP contribution in [-0.4, -0.2) is 66.3 Å². The van der Waals surface area contributed by atoms with Crippen molar-refractivity contribution in [2.24, 2.45) is 0 Å². The highest BCUT2D eigenvalue weighted by atomic mass is 79.9. The number of fused-ring (bicyclic) bond motifs is 1. The maximum Gasteiger partial charge on any atom is 0.225 e. The Morgan fingerprint density at radius 2 is 1.94 bits per heavy atom. The van der Waals surface area contributed by atoms with Gasteiger partial charge in [0.25, 0.3) is 0 Å². The van der Waals surface area contributed by atoms with E-state index in [1.807, 2.05) is 9.58 Å². The van der Waals surface area contributed by atoms with Gasteiger partial charge >= 0.3 is 0 Å². The Hall–Kier alpha value is -1.63. The molecule has 0 amide bonds. The Balaban J connectivity index is 1.43. The molecule has 0 aliphatic carbocycles. The van der Waals surface area contributed by atoms with Gasteiger partial charge in [0.05, 0.1) is 53.3 Å². The first-order valence-electron chi connectivity index (χ1n) is 10.8. The van der Waals surface area contributed by atoms with Crippen molar-refractivity contribution in [2.75, 3.05) is 30.9 Å². The highest BCUT2D eigenvalue weighted by Gasteiger charge is 2.35. The number of ether oxygens (including phenoxy) is 1. The van der Waals surface area contributed by atoms with Crippen molar-refractivity contribution in [3.05, 3.63) is 34.1 Å². The molecule has 2 aliphatic rings. The lowest BCUT2D eigenvalue weighted by atomic mass is 9.98. The van der Waals surface area contributed by atoms with E-state index in [1.54, 1.807) is 0 Å². The molecule has 32 heavy (non-hydrogen) atoms. The number of piperidine rings is 1. The molecule has 0 radical (unpaired) electrons. The van der Waals surface area contributed by atoms with Crippen LogP contribution in [0.3, 0.4) is 0 Å². The summed E-state index contributed by atoms with van der Waals surface area (Å²) in [6.45, 7) is 3.85. The topological polar surface area (TPSA) is 102 Å². The second-order valence-corrected chi connectivity index (χ2v) is 10.9. The zero-order valence-electron chi connectivity index (χ0n) is 18.2. The average molecular weight is 531 g/mol. The van der Waals surface area contributed by atoms with Crippen molar-refractivity contribution in [3.63, 3.8) is 0 Å². The smallest absolute Gasteiger partial charge is 0.225 e. The molecule has 2 aliphatic heterocycles. The zero-order chi connectivity index (χ0) is 22.9. The van der Waals surface area contributed by atoms with Crippen LogP contribution < -0.4 is 9.62 Å². The Morgan fingerprint density at radius 1 is 1.25 bits per heavy atom. The fraction of sp³-hybridized carbons (Fsp3) is 0.650. The predicted molar refractivity (Wildman–Crippen MR) is 122 cm³/mol. The summed E-state index contributed by atoms with van der Waals surface area (Å²) in [7, 11) is -3.36. The lowest BCUT2D eigenvalue weighted by Crippen LogP contribution is -2.47. The van der Waals surface area contributed by atoms with Gasteiger partial charge in [0.2, 0.25) is 16.0 Å². The van der Waals surface area contributed by atoms with Crippen LogP contribution in [0.15, 0.2) is 16.9 Å². The van der Waals surface area contributed by atoms with E-state index in [0.29, 0.717) is 32.1 Å². The monoisotopic (exact) mass is 530 g/mol. The van der Waals surface area contributed by atoms with Crippen LogP contribution in [0.1, 0.15) is 43.6 Å². The van der Waals surface area contributed by atoms with Gasteiger partial charge < -0.3 is 9.64 Å². The maximum absolute atomic E-state index is 13.1. The molecule has 1 fully saturated rings. The number of nitrogens with one attached hydrogen (secondary N) is 1. The minimum Gasteiger partial charge on any atom is -0.376 e. The van der Waals surface area contributed by atoms with Crippen molar-refractivity contribution in [1.82, 2.24) is 24.5 Å². The number of sulfonamides is 1. The Labute approximate surface area is 195 Å². The Morgan fingerprint density at radius 3 is 2.56 bits per heavy atom. The molecule has 176 valence electrons. The molecule has 0 saturated carbocycles. The van der Waals surface area contributed by atoms with E-state index in [1.165, 1.54) is 18.6 Å². The fourth-order valence-corrected chi connectivity index (χ4v) is 5.97. The normalized spacial score (nSPS) is 22.2. The molecule has 0 spiro atoms. The number of aryl methyl sites for hydroxylation is 1. The van der Waals surface area contributed by atoms with Crippen LogP contribution in [0.5, 0.6) is 0 Å². The molecule has 2 aromatic heterocycles. The number of hydrogen-bond acceptors (Lipinski definition) is 7. The first-order chi connectivity index (χ1) is 15.2. The maximum atomic E-state index is 13.1. The Kier molecular flexibility index (Phi) is 7.13. The minimum atomic E-state index is -3.36. The molecule has 0 unspecified atom stereocenters. The molecule has 1 saturated heterocycles. The van der Waals surface area contributed by atoms with E-state index < -0.39 is 15.8 Å². The summed E-state index contributed by atoms with van der Waals surface area (Å²) in [6, 6.07) is -0.495. The van der Waals surface area contributed by atoms with Gasteiger partial charge in [-0.05, 0) is 48.0 Å². The summed E-state index contributed by atoms with van der Waals surface area (Å²) < 4.78 is 49.0. The standard InChI is InChI=1S/C20H28BrFN6O3S/c1-3-15-19(21)17-5-4-16(26-32(2,29)30)18(28(17)25-15)12-31-14-6-8-27(9-7-14)20-23-10-13(22)11-24-20/h10-11,14,16,18,26H,3-9,12H2,1-2H3/t16-,18-/m0/s1. The quantitative estimate of drug-likeness (QED) is 0.585. The van der Waals surface area contributed by atoms with Crippen LogP contribution in [0.4, 0.5) is 10.3 Å². The molecule has 9 nitrogen and oxygen atoms in total. The van der Waals surface area contributed by atoms with E-state index in [4.69, 9.17) is 9.84 Å². The molecule has 12 heteroatoms. The summed E-state index contributed by atoms with van der Waals surface area (Å²) >= 11 is 3.66. The van der Waals surface area contributed by atoms with Crippen LogP contribution in [-0.2, 0) is 27.6 Å². The number of nitrogens with zero attached hydrogens (tertiary/aromatic N) is 5. The van der Waals surface area contributed by atoms with Crippen molar-refractivity contribution in [2.45, 2.75) is 57.2 Å². The van der Waals surface area contributed by atoms with Crippen molar-refractivity contribution < 1.29 is 17.5 Å². The third-order valence-electron chi connectivity index (χ3n) is 6.02. The fourth-order valence-electron chi connectivity index (χ4n) is 4.41. The van der Waals surface area contributed by atoms with Crippen LogP contribution >= 0.6 is 15.9 Å². The number of halogens is 2. The van der Waals surface area contributed by atoms with Crippen molar-refractivity contribution in [3.8, 4) is 0 Å². The van der Waals surface area contributed by atoms with Gasteiger partial charge in [0.1, 0.15) is 0 Å². The third kappa shape index (κ3) is 5.29. The van der Waals surface area contributed by atoms with Gasteiger partial charge in [-0.25, -0.2) is 27.5 Å². The number of hydrogen-bond donors (Lipinski definition) is 1. The van der Waals surface area contributed by atoms with E-state index in [0.717, 1.165) is 41.5 Å². The summed E-state index contributed by atoms with van der Waals surface area (Å²) in [5.41, 5.74) is 2.06. The van der Waals surface area contributed by atoms with Crippen LogP contribution in [0, 0.1) is 5.82 Å². The van der Waals surface area contributed by atoms with Crippen LogP contribution in [0.25, 0.3) is 0 Å². The number of aromatic nitrogens is 4. The van der Waals surface area contributed by atoms with E-state index >= 15 is 0 Å². The molecule has 0 aromatic carbocycles. The number of rotatable bonds is 7. The van der Waals surface area contributed by atoms with Gasteiger partial charge in [0, 0.05) is 19.1 Å². The second kappa shape index (κ2) is 9.70. The third-order valence-corrected chi connectivity index (χ3v) is 7.66. The predicted octanol–water partition coefficient (Wildman–Crippen LogP) is 2.23. The molecule has 4 rings (SSSR count). The first-order valence-corrected chi connectivity index (χ1v) is 13.5. The molecular weight excluding hydrogens is 503 g/mol. The minimum absolute atomic E-state index is 0.0422. The second-order valence-electron chi connectivity index (χ2n) is 8.33. The summed E-state index contributed by atoms with van der Waals surface area (Å²) in [4.78, 5) is 10.1. The molecule has 2 aromatic rings. The lowest BCUT2D eigenvalue weighted by molar-refractivity contribution is 0.00596. The van der Waals surface area contributed by atoms with E-state index in [-0.39, 0.29) is 18.2 Å².